The molecule has 0 aliphatic rings. The van der Waals surface area contributed by atoms with Crippen molar-refractivity contribution in [3.8, 4) is 0 Å². The zero-order chi connectivity index (χ0) is 45.2. The number of carbonyl (C=O) groups is 1. The first kappa shape index (κ1) is 67.6. The Morgan fingerprint density at radius 2 is 0.641 bits per heavy atom. The molecule has 0 N–H and O–H groups in total. The average molecular weight is 911 g/mol. The molecule has 0 fully saturated rings. The van der Waals surface area contributed by atoms with E-state index in [2.05, 4.69) is 56.2 Å². The summed E-state index contributed by atoms with van der Waals surface area (Å²) in [5.74, 6) is 0.431. The van der Waals surface area contributed by atoms with E-state index >= 15 is 0 Å². The summed E-state index contributed by atoms with van der Waals surface area (Å²) in [6.45, 7) is 24.9. The first-order valence-corrected chi connectivity index (χ1v) is 28.4. The summed E-state index contributed by atoms with van der Waals surface area (Å²) in [4.78, 5) is 21.1. The molecule has 0 aromatic rings. The third-order valence-electron chi connectivity index (χ3n) is 13.3. The Bertz CT molecular complexity index is 823. The molecule has 0 aromatic carbocycles. The van der Waals surface area contributed by atoms with Gasteiger partial charge in [-0.05, 0) is 83.7 Å². The molecule has 0 heterocycles. The summed E-state index contributed by atoms with van der Waals surface area (Å²) < 4.78 is 11.9. The summed E-state index contributed by atoms with van der Waals surface area (Å²) in [6, 6.07) is 0. The zero-order valence-corrected chi connectivity index (χ0v) is 43.6. The molecule has 0 aliphatic heterocycles. The lowest BCUT2D eigenvalue weighted by Gasteiger charge is -2.27. The third kappa shape index (κ3) is 50.7. The van der Waals surface area contributed by atoms with Crippen molar-refractivity contribution < 1.29 is 14.3 Å². The molecule has 6 nitrogen and oxygen atoms in total. The van der Waals surface area contributed by atoms with E-state index in [4.69, 9.17) is 9.47 Å². The van der Waals surface area contributed by atoms with Gasteiger partial charge < -0.3 is 19.3 Å². The normalized spacial score (nSPS) is 12.0. The van der Waals surface area contributed by atoms with Crippen molar-refractivity contribution in [3.05, 3.63) is 0 Å². The highest BCUT2D eigenvalue weighted by Gasteiger charge is 2.15. The van der Waals surface area contributed by atoms with Crippen molar-refractivity contribution >= 4 is 5.97 Å². The highest BCUT2D eigenvalue weighted by molar-refractivity contribution is 5.71. The van der Waals surface area contributed by atoms with Gasteiger partial charge in [0.2, 0.25) is 0 Å². The van der Waals surface area contributed by atoms with Crippen LogP contribution in [0.4, 0.5) is 0 Å². The quantitative estimate of drug-likeness (QED) is 0.0448. The Labute approximate surface area is 405 Å². The van der Waals surface area contributed by atoms with Crippen LogP contribution in [0.25, 0.3) is 0 Å². The van der Waals surface area contributed by atoms with E-state index in [-0.39, 0.29) is 20.8 Å². The van der Waals surface area contributed by atoms with Crippen molar-refractivity contribution in [1.29, 1.82) is 0 Å². The third-order valence-corrected chi connectivity index (χ3v) is 13.3. The minimum Gasteiger partial charge on any atom is -0.462 e. The number of hydrogen-bond donors (Lipinski definition) is 0. The lowest BCUT2D eigenvalue weighted by molar-refractivity contribution is -0.146. The zero-order valence-electron chi connectivity index (χ0n) is 43.6. The molecule has 0 amide bonds. The Kier molecular flexibility index (Phi) is 59.8. The van der Waals surface area contributed by atoms with Crippen LogP contribution in [0.1, 0.15) is 288 Å². The number of hydrogen-bond acceptors (Lipinski definition) is 6. The van der Waals surface area contributed by atoms with Crippen LogP contribution in [0, 0.1) is 5.92 Å². The second-order valence-electron chi connectivity index (χ2n) is 19.8. The highest BCUT2D eigenvalue weighted by Crippen LogP contribution is 2.14. The molecular weight excluding hydrogens is 787 g/mol. The van der Waals surface area contributed by atoms with Crippen LogP contribution in [0.5, 0.6) is 0 Å². The minimum absolute atomic E-state index is 0. The molecule has 1 atom stereocenters. The maximum Gasteiger partial charge on any atom is 0.320 e. The molecule has 388 valence electrons. The predicted octanol–water partition coefficient (Wildman–Crippen LogP) is 17.5. The van der Waals surface area contributed by atoms with Crippen LogP contribution in [0.2, 0.25) is 0 Å². The molecule has 0 saturated carbocycles. The Morgan fingerprint density at radius 1 is 0.359 bits per heavy atom. The van der Waals surface area contributed by atoms with Gasteiger partial charge in [0.05, 0.1) is 13.2 Å². The van der Waals surface area contributed by atoms with Crippen LogP contribution in [0.3, 0.4) is 0 Å². The van der Waals surface area contributed by atoms with Crippen LogP contribution in [-0.4, -0.2) is 99.4 Å². The monoisotopic (exact) mass is 910 g/mol. The van der Waals surface area contributed by atoms with Gasteiger partial charge in [-0.1, -0.05) is 249 Å². The van der Waals surface area contributed by atoms with E-state index in [1.54, 1.807) is 0 Å². The lowest BCUT2D eigenvalue weighted by atomic mass is 10.1. The molecule has 0 bridgehead atoms. The summed E-state index contributed by atoms with van der Waals surface area (Å²) >= 11 is 0. The molecule has 0 rings (SSSR count). The molecule has 0 spiro atoms. The molecule has 6 heteroatoms. The van der Waals surface area contributed by atoms with Crippen LogP contribution in [-0.2, 0) is 14.3 Å². The van der Waals surface area contributed by atoms with Crippen molar-refractivity contribution in [2.45, 2.75) is 288 Å². The fourth-order valence-corrected chi connectivity index (χ4v) is 8.90. The SMILES string of the molecule is C.C.CCCCCCCCCN(CCCCCCCCC)CCC(C)COCCOC(=O)CN(CCCCCCCCC)CCN(CCCCCCCCC)CCCCCCCCC. The van der Waals surface area contributed by atoms with Crippen LogP contribution >= 0.6 is 0 Å². The molecule has 0 aromatic heterocycles. The Balaban J connectivity index is -0.0000186. The molecule has 0 aliphatic carbocycles. The first-order chi connectivity index (χ1) is 30.5. The predicted molar refractivity (Wildman–Crippen MR) is 288 cm³/mol. The molecular formula is C58H123N3O3. The average Bonchev–Trinajstić information content (AvgIpc) is 3.27. The van der Waals surface area contributed by atoms with Crippen molar-refractivity contribution in [1.82, 2.24) is 14.7 Å². The number of carbonyl (C=O) groups excluding carboxylic acids is 1. The summed E-state index contributed by atoms with van der Waals surface area (Å²) in [5.41, 5.74) is 0. The van der Waals surface area contributed by atoms with Crippen molar-refractivity contribution in [3.63, 3.8) is 0 Å². The van der Waals surface area contributed by atoms with Crippen molar-refractivity contribution in [2.75, 3.05) is 78.7 Å². The largest absolute Gasteiger partial charge is 0.462 e. The van der Waals surface area contributed by atoms with Gasteiger partial charge in [0.1, 0.15) is 6.61 Å². The van der Waals surface area contributed by atoms with Crippen molar-refractivity contribution in [2.24, 2.45) is 5.92 Å². The number of unbranched alkanes of at least 4 members (excludes halogenated alkanes) is 30. The number of ether oxygens (including phenoxy) is 2. The fraction of sp³-hybridized carbons (Fsp3) is 0.983. The highest BCUT2D eigenvalue weighted by atomic mass is 16.6. The van der Waals surface area contributed by atoms with Crippen LogP contribution < -0.4 is 0 Å². The number of rotatable bonds is 53. The Hall–Kier alpha value is -0.690. The lowest BCUT2D eigenvalue weighted by Crippen LogP contribution is -2.39. The standard InChI is InChI=1S/C56H115N3O3.2CH4/c1-7-12-17-22-27-32-37-43-57(44-38-33-28-23-18-13-8-2)48-42-55(6)54-61-51-52-62-56(60)53-59(47-41-36-31-26-21-16-11-5)50-49-58(45-39-34-29-24-19-14-9-3)46-40-35-30-25-20-15-10-4;;/h55H,7-54H2,1-6H3;2*1H4. The van der Waals surface area contributed by atoms with E-state index < -0.39 is 0 Å². The van der Waals surface area contributed by atoms with E-state index in [1.165, 1.54) is 264 Å². The smallest absolute Gasteiger partial charge is 0.320 e. The van der Waals surface area contributed by atoms with E-state index in [0.29, 0.717) is 25.7 Å². The van der Waals surface area contributed by atoms with Gasteiger partial charge in [-0.15, -0.1) is 0 Å². The summed E-state index contributed by atoms with van der Waals surface area (Å²) in [7, 11) is 0. The molecule has 64 heavy (non-hydrogen) atoms. The number of nitrogens with zero attached hydrogens (tertiary/aromatic N) is 3. The topological polar surface area (TPSA) is 45.3 Å². The van der Waals surface area contributed by atoms with Gasteiger partial charge in [-0.3, -0.25) is 9.69 Å². The molecule has 1 unspecified atom stereocenters. The van der Waals surface area contributed by atoms with Gasteiger partial charge in [0.25, 0.3) is 0 Å². The molecule has 0 saturated heterocycles. The van der Waals surface area contributed by atoms with Gasteiger partial charge in [0.15, 0.2) is 0 Å². The van der Waals surface area contributed by atoms with Gasteiger partial charge in [0, 0.05) is 19.7 Å². The van der Waals surface area contributed by atoms with E-state index in [0.717, 1.165) is 26.2 Å². The van der Waals surface area contributed by atoms with Crippen LogP contribution in [0.15, 0.2) is 0 Å². The fourth-order valence-electron chi connectivity index (χ4n) is 8.90. The van der Waals surface area contributed by atoms with Gasteiger partial charge >= 0.3 is 5.97 Å². The first-order valence-electron chi connectivity index (χ1n) is 28.4. The maximum atomic E-state index is 13.2. The Morgan fingerprint density at radius 3 is 0.984 bits per heavy atom. The second kappa shape index (κ2) is 56.6. The van der Waals surface area contributed by atoms with E-state index in [1.807, 2.05) is 0 Å². The van der Waals surface area contributed by atoms with E-state index in [9.17, 15) is 4.79 Å². The summed E-state index contributed by atoms with van der Waals surface area (Å²) in [6.07, 6.45) is 48.6. The molecule has 0 radical (unpaired) electrons. The minimum atomic E-state index is -0.0818. The van der Waals surface area contributed by atoms with Gasteiger partial charge in [-0.2, -0.15) is 0 Å². The summed E-state index contributed by atoms with van der Waals surface area (Å²) in [5, 5.41) is 0. The maximum absolute atomic E-state index is 13.2. The number of esters is 1. The second-order valence-corrected chi connectivity index (χ2v) is 19.8. The van der Waals surface area contributed by atoms with Gasteiger partial charge in [-0.25, -0.2) is 0 Å².